The van der Waals surface area contributed by atoms with Gasteiger partial charge in [0.25, 0.3) is 5.91 Å². The monoisotopic (exact) mass is 337 g/mol. The summed E-state index contributed by atoms with van der Waals surface area (Å²) in [5.74, 6) is 1.30. The number of thioether (sulfide) groups is 2. The molecule has 2 saturated heterocycles. The highest BCUT2D eigenvalue weighted by atomic mass is 32.2. The van der Waals surface area contributed by atoms with Crippen molar-refractivity contribution < 1.29 is 14.7 Å². The molecule has 2 fully saturated rings. The Balaban J connectivity index is 1.72. The normalized spacial score (nSPS) is 22.7. The third-order valence-corrected chi connectivity index (χ3v) is 7.07. The zero-order valence-electron chi connectivity index (χ0n) is 12.2. The van der Waals surface area contributed by atoms with E-state index in [1.807, 2.05) is 47.8 Å². The number of carboxylic acids is 1. The lowest BCUT2D eigenvalue weighted by Crippen LogP contribution is -2.40. The van der Waals surface area contributed by atoms with Gasteiger partial charge in [-0.15, -0.1) is 23.5 Å². The molecule has 22 heavy (non-hydrogen) atoms. The maximum absolute atomic E-state index is 12.5. The molecule has 1 amide bonds. The number of rotatable bonds is 3. The second kappa shape index (κ2) is 6.96. The van der Waals surface area contributed by atoms with Crippen molar-refractivity contribution in [3.8, 4) is 0 Å². The maximum Gasteiger partial charge on any atom is 0.326 e. The van der Waals surface area contributed by atoms with E-state index in [4.69, 9.17) is 0 Å². The highest BCUT2D eigenvalue weighted by molar-refractivity contribution is 8.16. The Morgan fingerprint density at radius 2 is 1.77 bits per heavy atom. The number of nitrogens with zero attached hydrogens (tertiary/aromatic N) is 1. The molecule has 1 unspecified atom stereocenters. The summed E-state index contributed by atoms with van der Waals surface area (Å²) >= 11 is 3.90. The van der Waals surface area contributed by atoms with Gasteiger partial charge >= 0.3 is 5.97 Å². The molecule has 1 N–H and O–H groups in total. The van der Waals surface area contributed by atoms with E-state index in [9.17, 15) is 14.7 Å². The molecule has 1 aromatic carbocycles. The Bertz CT molecular complexity index is 555. The molecule has 118 valence electrons. The van der Waals surface area contributed by atoms with Gasteiger partial charge in [0.05, 0.1) is 4.58 Å². The van der Waals surface area contributed by atoms with Crippen molar-refractivity contribution in [1.29, 1.82) is 0 Å². The van der Waals surface area contributed by atoms with Crippen LogP contribution in [-0.2, 0) is 4.79 Å². The number of carbonyl (C=O) groups is 2. The summed E-state index contributed by atoms with van der Waals surface area (Å²) in [6, 6.07) is 7.02. The molecule has 0 radical (unpaired) electrons. The van der Waals surface area contributed by atoms with E-state index < -0.39 is 12.0 Å². The molecular formula is C16H19NO3S2. The highest BCUT2D eigenvalue weighted by Gasteiger charge is 2.34. The fourth-order valence-electron chi connectivity index (χ4n) is 2.90. The van der Waals surface area contributed by atoms with Crippen LogP contribution >= 0.6 is 23.5 Å². The fourth-order valence-corrected chi connectivity index (χ4v) is 5.79. The molecule has 0 aromatic heterocycles. The van der Waals surface area contributed by atoms with E-state index in [1.54, 1.807) is 0 Å². The average molecular weight is 337 g/mol. The van der Waals surface area contributed by atoms with Gasteiger partial charge in [-0.25, -0.2) is 4.79 Å². The first-order valence-electron chi connectivity index (χ1n) is 7.54. The number of carbonyl (C=O) groups excluding carboxylic acids is 1. The Kier molecular flexibility index (Phi) is 4.98. The predicted molar refractivity (Wildman–Crippen MR) is 90.4 cm³/mol. The van der Waals surface area contributed by atoms with Crippen LogP contribution in [0.5, 0.6) is 0 Å². The largest absolute Gasteiger partial charge is 0.480 e. The van der Waals surface area contributed by atoms with Gasteiger partial charge in [0.1, 0.15) is 6.04 Å². The first-order valence-corrected chi connectivity index (χ1v) is 9.63. The molecular weight excluding hydrogens is 318 g/mol. The van der Waals surface area contributed by atoms with Crippen molar-refractivity contribution in [2.75, 3.05) is 18.1 Å². The molecule has 2 heterocycles. The molecule has 2 aliphatic rings. The number of hydrogen-bond donors (Lipinski definition) is 1. The summed E-state index contributed by atoms with van der Waals surface area (Å²) in [6.07, 6.45) is 2.57. The van der Waals surface area contributed by atoms with Crippen molar-refractivity contribution >= 4 is 35.4 Å². The van der Waals surface area contributed by atoms with Crippen LogP contribution in [0.15, 0.2) is 24.3 Å². The molecule has 2 aliphatic heterocycles. The van der Waals surface area contributed by atoms with Gasteiger partial charge < -0.3 is 10.0 Å². The first-order chi connectivity index (χ1) is 10.7. The topological polar surface area (TPSA) is 57.6 Å². The third-order valence-electron chi connectivity index (χ3n) is 4.06. The van der Waals surface area contributed by atoms with Crippen LogP contribution in [0.1, 0.15) is 39.8 Å². The molecule has 6 heteroatoms. The van der Waals surface area contributed by atoms with Gasteiger partial charge in [-0.1, -0.05) is 12.1 Å². The zero-order chi connectivity index (χ0) is 15.5. The summed E-state index contributed by atoms with van der Waals surface area (Å²) < 4.78 is 0.455. The van der Waals surface area contributed by atoms with E-state index in [2.05, 4.69) is 0 Å². The van der Waals surface area contributed by atoms with Gasteiger partial charge in [0.15, 0.2) is 0 Å². The van der Waals surface area contributed by atoms with Crippen LogP contribution in [-0.4, -0.2) is 46.0 Å². The first kappa shape index (κ1) is 15.7. The van der Waals surface area contributed by atoms with Crippen molar-refractivity contribution in [1.82, 2.24) is 4.90 Å². The Morgan fingerprint density at radius 1 is 1.09 bits per heavy atom. The minimum atomic E-state index is -0.905. The van der Waals surface area contributed by atoms with Crippen molar-refractivity contribution in [3.63, 3.8) is 0 Å². The van der Waals surface area contributed by atoms with E-state index in [0.717, 1.165) is 6.42 Å². The fraction of sp³-hybridized carbons (Fsp3) is 0.500. The third kappa shape index (κ3) is 3.27. The summed E-state index contributed by atoms with van der Waals surface area (Å²) in [5.41, 5.74) is 1.82. The minimum absolute atomic E-state index is 0.166. The van der Waals surface area contributed by atoms with Gasteiger partial charge in [-0.3, -0.25) is 4.79 Å². The van der Waals surface area contributed by atoms with E-state index >= 15 is 0 Å². The SMILES string of the molecule is O=C(O)C1CCCN1C(=O)c1ccc(C2SCCCS2)cc1. The summed E-state index contributed by atoms with van der Waals surface area (Å²) in [5, 5.41) is 9.19. The molecule has 0 spiro atoms. The van der Waals surface area contributed by atoms with E-state index in [0.29, 0.717) is 23.1 Å². The lowest BCUT2D eigenvalue weighted by molar-refractivity contribution is -0.141. The van der Waals surface area contributed by atoms with Crippen LogP contribution in [0, 0.1) is 0 Å². The van der Waals surface area contributed by atoms with Crippen molar-refractivity contribution in [2.24, 2.45) is 0 Å². The summed E-state index contributed by atoms with van der Waals surface area (Å²) in [6.45, 7) is 0.534. The van der Waals surface area contributed by atoms with Crippen molar-refractivity contribution in [3.05, 3.63) is 35.4 Å². The lowest BCUT2D eigenvalue weighted by atomic mass is 10.1. The predicted octanol–water partition coefficient (Wildman–Crippen LogP) is 3.24. The number of hydrogen-bond acceptors (Lipinski definition) is 4. The van der Waals surface area contributed by atoms with Gasteiger partial charge in [-0.2, -0.15) is 0 Å². The summed E-state index contributed by atoms with van der Waals surface area (Å²) in [4.78, 5) is 25.2. The minimum Gasteiger partial charge on any atom is -0.480 e. The molecule has 0 bridgehead atoms. The van der Waals surface area contributed by atoms with E-state index in [-0.39, 0.29) is 5.91 Å². The molecule has 1 atom stereocenters. The number of benzene rings is 1. The number of amides is 1. The van der Waals surface area contributed by atoms with Gasteiger partial charge in [-0.05, 0) is 48.5 Å². The van der Waals surface area contributed by atoms with Crippen LogP contribution in [0.2, 0.25) is 0 Å². The highest BCUT2D eigenvalue weighted by Crippen LogP contribution is 2.43. The van der Waals surface area contributed by atoms with Gasteiger partial charge in [0.2, 0.25) is 0 Å². The Hall–Kier alpha value is -1.14. The number of aliphatic carboxylic acids is 1. The van der Waals surface area contributed by atoms with Crippen LogP contribution < -0.4 is 0 Å². The Morgan fingerprint density at radius 3 is 2.41 bits per heavy atom. The second-order valence-electron chi connectivity index (χ2n) is 5.54. The van der Waals surface area contributed by atoms with Crippen LogP contribution in [0.25, 0.3) is 0 Å². The molecule has 3 rings (SSSR count). The van der Waals surface area contributed by atoms with E-state index in [1.165, 1.54) is 28.4 Å². The second-order valence-corrected chi connectivity index (χ2v) is 8.27. The van der Waals surface area contributed by atoms with Crippen LogP contribution in [0.3, 0.4) is 0 Å². The Labute approximate surface area is 138 Å². The van der Waals surface area contributed by atoms with Crippen molar-refractivity contribution in [2.45, 2.75) is 29.9 Å². The lowest BCUT2D eigenvalue weighted by Gasteiger charge is -2.23. The van der Waals surface area contributed by atoms with Gasteiger partial charge in [0, 0.05) is 12.1 Å². The maximum atomic E-state index is 12.5. The smallest absolute Gasteiger partial charge is 0.326 e. The summed E-state index contributed by atoms with van der Waals surface area (Å²) in [7, 11) is 0. The molecule has 0 saturated carbocycles. The number of likely N-dealkylation sites (tertiary alicyclic amines) is 1. The quantitative estimate of drug-likeness (QED) is 0.917. The molecule has 4 nitrogen and oxygen atoms in total. The zero-order valence-corrected chi connectivity index (χ0v) is 13.9. The number of carboxylic acid groups (broad SMARTS) is 1. The molecule has 0 aliphatic carbocycles. The average Bonchev–Trinajstić information content (AvgIpc) is 3.05. The van der Waals surface area contributed by atoms with Crippen LogP contribution in [0.4, 0.5) is 0 Å². The standard InChI is InChI=1S/C16H19NO3S2/c18-14(17-8-1-3-13(17)15(19)20)11-4-6-12(7-5-11)16-21-9-2-10-22-16/h4-7,13,16H,1-3,8-10H2,(H,19,20). The molecule has 1 aromatic rings.